The van der Waals surface area contributed by atoms with Crippen LogP contribution in [0.3, 0.4) is 0 Å². The number of hydrogen-bond acceptors (Lipinski definition) is 4. The number of hydrogen-bond donors (Lipinski definition) is 2. The normalized spacial score (nSPS) is 26.6. The van der Waals surface area contributed by atoms with E-state index in [4.69, 9.17) is 0 Å². The van der Waals surface area contributed by atoms with Gasteiger partial charge in [-0.1, -0.05) is 0 Å². The summed E-state index contributed by atoms with van der Waals surface area (Å²) in [6.07, 6.45) is 5.04. The van der Waals surface area contributed by atoms with Gasteiger partial charge in [0.15, 0.2) is 0 Å². The van der Waals surface area contributed by atoms with E-state index >= 15 is 0 Å². The molecule has 0 aromatic heterocycles. The molecule has 116 valence electrons. The maximum absolute atomic E-state index is 11.4. The van der Waals surface area contributed by atoms with Gasteiger partial charge in [0.25, 0.3) is 0 Å². The van der Waals surface area contributed by atoms with Crippen molar-refractivity contribution in [3.63, 3.8) is 0 Å². The van der Waals surface area contributed by atoms with Crippen molar-refractivity contribution in [2.75, 3.05) is 53.4 Å². The van der Waals surface area contributed by atoms with Crippen LogP contribution in [0.5, 0.6) is 0 Å². The lowest BCUT2D eigenvalue weighted by Gasteiger charge is -2.34. The summed E-state index contributed by atoms with van der Waals surface area (Å²) in [4.78, 5) is 16.1. The molecule has 1 unspecified atom stereocenters. The molecule has 0 radical (unpaired) electrons. The van der Waals surface area contributed by atoms with Crippen LogP contribution in [0.25, 0.3) is 0 Å². The predicted octanol–water partition coefficient (Wildman–Crippen LogP) is 0.128. The van der Waals surface area contributed by atoms with Crippen molar-refractivity contribution >= 4 is 5.91 Å². The minimum absolute atomic E-state index is 0.127. The number of carbonyl (C=O) groups excluding carboxylic acids is 1. The number of amides is 1. The van der Waals surface area contributed by atoms with Crippen LogP contribution in [-0.4, -0.2) is 75.1 Å². The second-order valence-corrected chi connectivity index (χ2v) is 6.40. The molecule has 1 amide bonds. The van der Waals surface area contributed by atoms with Crippen LogP contribution in [0.4, 0.5) is 0 Å². The number of nitrogens with one attached hydrogen (secondary N) is 2. The summed E-state index contributed by atoms with van der Waals surface area (Å²) >= 11 is 0. The summed E-state index contributed by atoms with van der Waals surface area (Å²) in [6, 6.07) is 0.642. The molecular formula is C15H30N4O. The summed E-state index contributed by atoms with van der Waals surface area (Å²) in [5.41, 5.74) is 0. The van der Waals surface area contributed by atoms with Gasteiger partial charge in [-0.3, -0.25) is 9.69 Å². The Kier molecular flexibility index (Phi) is 6.26. The van der Waals surface area contributed by atoms with Gasteiger partial charge in [0.1, 0.15) is 0 Å². The first-order valence-corrected chi connectivity index (χ1v) is 8.02. The smallest absolute Gasteiger partial charge is 0.233 e. The molecule has 0 bridgehead atoms. The van der Waals surface area contributed by atoms with E-state index in [1.54, 1.807) is 7.05 Å². The molecule has 1 atom stereocenters. The van der Waals surface area contributed by atoms with Gasteiger partial charge in [0, 0.05) is 32.7 Å². The van der Waals surface area contributed by atoms with Crippen LogP contribution >= 0.6 is 0 Å². The third-order valence-electron chi connectivity index (χ3n) is 4.65. The lowest BCUT2D eigenvalue weighted by molar-refractivity contribution is -0.122. The van der Waals surface area contributed by atoms with Gasteiger partial charge >= 0.3 is 0 Å². The minimum atomic E-state index is 0.127. The molecule has 2 aliphatic rings. The van der Waals surface area contributed by atoms with Crippen LogP contribution in [0.1, 0.15) is 25.7 Å². The lowest BCUT2D eigenvalue weighted by Crippen LogP contribution is -2.47. The Hall–Kier alpha value is -0.650. The average Bonchev–Trinajstić information content (AvgIpc) is 2.46. The van der Waals surface area contributed by atoms with Gasteiger partial charge in [-0.25, -0.2) is 0 Å². The average molecular weight is 282 g/mol. The standard InChI is InChI=1S/C15H30N4O/c1-16-15(20)12-19-8-5-14(6-9-19)17-10-13-4-3-7-18(2)11-13/h13-14,17H,3-12H2,1-2H3,(H,16,20). The van der Waals surface area contributed by atoms with E-state index in [9.17, 15) is 4.79 Å². The number of rotatable bonds is 5. The van der Waals surface area contributed by atoms with Crippen LogP contribution in [0.15, 0.2) is 0 Å². The molecule has 20 heavy (non-hydrogen) atoms. The number of likely N-dealkylation sites (N-methyl/N-ethyl adjacent to an activating group) is 1. The van der Waals surface area contributed by atoms with E-state index in [2.05, 4.69) is 27.5 Å². The highest BCUT2D eigenvalue weighted by Crippen LogP contribution is 2.16. The Labute approximate surface area is 123 Å². The lowest BCUT2D eigenvalue weighted by atomic mass is 9.97. The largest absolute Gasteiger partial charge is 0.358 e. The van der Waals surface area contributed by atoms with E-state index in [-0.39, 0.29) is 5.91 Å². The minimum Gasteiger partial charge on any atom is -0.358 e. The second kappa shape index (κ2) is 7.96. The van der Waals surface area contributed by atoms with Gasteiger partial charge in [-0.2, -0.15) is 0 Å². The van der Waals surface area contributed by atoms with Crippen molar-refractivity contribution in [3.8, 4) is 0 Å². The highest BCUT2D eigenvalue weighted by Gasteiger charge is 2.22. The first-order chi connectivity index (χ1) is 9.67. The highest BCUT2D eigenvalue weighted by molar-refractivity contribution is 5.77. The molecule has 0 saturated carbocycles. The van der Waals surface area contributed by atoms with Crippen molar-refractivity contribution < 1.29 is 4.79 Å². The molecule has 5 nitrogen and oxygen atoms in total. The van der Waals surface area contributed by atoms with E-state index < -0.39 is 0 Å². The van der Waals surface area contributed by atoms with Crippen LogP contribution < -0.4 is 10.6 Å². The maximum Gasteiger partial charge on any atom is 0.233 e. The molecule has 0 aliphatic carbocycles. The Morgan fingerprint density at radius 3 is 2.60 bits per heavy atom. The molecule has 2 fully saturated rings. The van der Waals surface area contributed by atoms with Gasteiger partial charge < -0.3 is 15.5 Å². The zero-order valence-electron chi connectivity index (χ0n) is 13.0. The number of piperidine rings is 2. The Balaban J connectivity index is 1.61. The zero-order valence-corrected chi connectivity index (χ0v) is 13.0. The molecule has 2 aliphatic heterocycles. The molecule has 2 N–H and O–H groups in total. The van der Waals surface area contributed by atoms with Gasteiger partial charge in [-0.15, -0.1) is 0 Å². The van der Waals surface area contributed by atoms with Crippen LogP contribution in [0, 0.1) is 5.92 Å². The second-order valence-electron chi connectivity index (χ2n) is 6.40. The summed E-state index contributed by atoms with van der Waals surface area (Å²) in [5.74, 6) is 0.944. The van der Waals surface area contributed by atoms with Crippen molar-refractivity contribution in [1.82, 2.24) is 20.4 Å². The van der Waals surface area contributed by atoms with Crippen LogP contribution in [-0.2, 0) is 4.79 Å². The molecule has 0 aromatic carbocycles. The number of carbonyl (C=O) groups is 1. The predicted molar refractivity (Wildman–Crippen MR) is 81.8 cm³/mol. The Bertz CT molecular complexity index is 302. The van der Waals surface area contributed by atoms with Crippen molar-refractivity contribution in [2.45, 2.75) is 31.7 Å². The fourth-order valence-corrected chi connectivity index (χ4v) is 3.35. The molecule has 2 heterocycles. The fourth-order valence-electron chi connectivity index (χ4n) is 3.35. The van der Waals surface area contributed by atoms with Crippen molar-refractivity contribution in [2.24, 2.45) is 5.92 Å². The van der Waals surface area contributed by atoms with Gasteiger partial charge in [-0.05, 0) is 51.7 Å². The molecule has 0 aromatic rings. The van der Waals surface area contributed by atoms with E-state index in [1.165, 1.54) is 38.8 Å². The quantitative estimate of drug-likeness (QED) is 0.752. The SMILES string of the molecule is CNC(=O)CN1CCC(NCC2CCCN(C)C2)CC1. The molecule has 0 spiro atoms. The topological polar surface area (TPSA) is 47.6 Å². The Morgan fingerprint density at radius 2 is 1.95 bits per heavy atom. The third-order valence-corrected chi connectivity index (χ3v) is 4.65. The maximum atomic E-state index is 11.4. The fraction of sp³-hybridized carbons (Fsp3) is 0.933. The molecule has 2 rings (SSSR count). The van der Waals surface area contributed by atoms with E-state index in [0.717, 1.165) is 25.6 Å². The Morgan fingerprint density at radius 1 is 1.20 bits per heavy atom. The molecular weight excluding hydrogens is 252 g/mol. The van der Waals surface area contributed by atoms with Crippen LogP contribution in [0.2, 0.25) is 0 Å². The van der Waals surface area contributed by atoms with E-state index in [1.807, 2.05) is 0 Å². The van der Waals surface area contributed by atoms with Gasteiger partial charge in [0.05, 0.1) is 6.54 Å². The molecule has 5 heteroatoms. The number of nitrogens with zero attached hydrogens (tertiary/aromatic N) is 2. The zero-order chi connectivity index (χ0) is 14.4. The third kappa shape index (κ3) is 5.04. The summed E-state index contributed by atoms with van der Waals surface area (Å²) in [5, 5.41) is 6.44. The van der Waals surface area contributed by atoms with Crippen molar-refractivity contribution in [3.05, 3.63) is 0 Å². The summed E-state index contributed by atoms with van der Waals surface area (Å²) < 4.78 is 0. The first-order valence-electron chi connectivity index (χ1n) is 8.02. The highest BCUT2D eigenvalue weighted by atomic mass is 16.1. The summed E-state index contributed by atoms with van der Waals surface area (Å²) in [7, 11) is 3.93. The first kappa shape index (κ1) is 15.7. The van der Waals surface area contributed by atoms with Gasteiger partial charge in [0.2, 0.25) is 5.91 Å². The molecule has 2 saturated heterocycles. The van der Waals surface area contributed by atoms with Crippen molar-refractivity contribution in [1.29, 1.82) is 0 Å². The number of likely N-dealkylation sites (tertiary alicyclic amines) is 2. The summed E-state index contributed by atoms with van der Waals surface area (Å²) in [6.45, 7) is 6.28. The van der Waals surface area contributed by atoms with E-state index in [0.29, 0.717) is 12.6 Å². The monoisotopic (exact) mass is 282 g/mol.